The van der Waals surface area contributed by atoms with Crippen molar-refractivity contribution < 1.29 is 19.4 Å². The summed E-state index contributed by atoms with van der Waals surface area (Å²) in [6.07, 6.45) is 3.52. The fraction of sp³-hybridized carbons (Fsp3) is 0.562. The van der Waals surface area contributed by atoms with Crippen LogP contribution in [0.3, 0.4) is 0 Å². The van der Waals surface area contributed by atoms with Gasteiger partial charge in [-0.25, -0.2) is 9.18 Å². The van der Waals surface area contributed by atoms with Crippen LogP contribution in [0.15, 0.2) is 18.2 Å². The zero-order chi connectivity index (χ0) is 16.1. The molecule has 6 heteroatoms. The molecule has 0 heterocycles. The van der Waals surface area contributed by atoms with Crippen molar-refractivity contribution in [3.05, 3.63) is 29.6 Å². The van der Waals surface area contributed by atoms with Gasteiger partial charge in [0.25, 0.3) is 0 Å². The summed E-state index contributed by atoms with van der Waals surface area (Å²) in [5, 5.41) is 21.8. The Bertz CT molecular complexity index is 524. The van der Waals surface area contributed by atoms with Gasteiger partial charge in [0, 0.05) is 26.1 Å². The minimum Gasteiger partial charge on any atom is -0.505 e. The molecule has 0 aliphatic heterocycles. The summed E-state index contributed by atoms with van der Waals surface area (Å²) in [4.78, 5) is 13.6. The maximum absolute atomic E-state index is 13.2. The SMILES string of the molecule is CN(CC1CCCCC1O)C(=O)NCc1ccc(O)c(F)c1. The number of benzene rings is 1. The number of amides is 2. The number of nitrogens with zero attached hydrogens (tertiary/aromatic N) is 1. The molecule has 1 saturated carbocycles. The van der Waals surface area contributed by atoms with Crippen LogP contribution < -0.4 is 5.32 Å². The molecular formula is C16H23FN2O3. The Kier molecular flexibility index (Phi) is 5.60. The molecule has 5 nitrogen and oxygen atoms in total. The number of urea groups is 1. The number of nitrogens with one attached hydrogen (secondary N) is 1. The highest BCUT2D eigenvalue weighted by Gasteiger charge is 2.25. The normalized spacial score (nSPS) is 21.4. The van der Waals surface area contributed by atoms with Crippen LogP contribution in [0.1, 0.15) is 31.2 Å². The summed E-state index contributed by atoms with van der Waals surface area (Å²) in [6.45, 7) is 0.699. The second-order valence-electron chi connectivity index (χ2n) is 5.94. The summed E-state index contributed by atoms with van der Waals surface area (Å²) in [5.74, 6) is -0.987. The molecule has 2 atom stereocenters. The zero-order valence-corrected chi connectivity index (χ0v) is 12.8. The van der Waals surface area contributed by atoms with Gasteiger partial charge in [0.2, 0.25) is 0 Å². The third kappa shape index (κ3) is 4.34. The highest BCUT2D eigenvalue weighted by molar-refractivity contribution is 5.73. The summed E-state index contributed by atoms with van der Waals surface area (Å²) in [6, 6.07) is 3.76. The lowest BCUT2D eigenvalue weighted by Crippen LogP contribution is -2.42. The smallest absolute Gasteiger partial charge is 0.317 e. The van der Waals surface area contributed by atoms with Crippen LogP contribution >= 0.6 is 0 Å². The molecular weight excluding hydrogens is 287 g/mol. The first-order chi connectivity index (χ1) is 10.5. The molecule has 1 aromatic rings. The number of aromatic hydroxyl groups is 1. The molecule has 122 valence electrons. The van der Waals surface area contributed by atoms with Gasteiger partial charge in [0.05, 0.1) is 6.10 Å². The average Bonchev–Trinajstić information content (AvgIpc) is 2.50. The largest absolute Gasteiger partial charge is 0.505 e. The van der Waals surface area contributed by atoms with E-state index < -0.39 is 11.6 Å². The highest BCUT2D eigenvalue weighted by atomic mass is 19.1. The van der Waals surface area contributed by atoms with Crippen molar-refractivity contribution in [2.24, 2.45) is 5.92 Å². The van der Waals surface area contributed by atoms with Crippen LogP contribution in [0.5, 0.6) is 5.75 Å². The van der Waals surface area contributed by atoms with Crippen LogP contribution in [0.4, 0.5) is 9.18 Å². The molecule has 22 heavy (non-hydrogen) atoms. The minimum atomic E-state index is -0.703. The van der Waals surface area contributed by atoms with E-state index in [1.165, 1.54) is 12.1 Å². The van der Waals surface area contributed by atoms with E-state index in [0.29, 0.717) is 12.1 Å². The second-order valence-corrected chi connectivity index (χ2v) is 5.94. The van der Waals surface area contributed by atoms with Crippen LogP contribution in [0.25, 0.3) is 0 Å². The van der Waals surface area contributed by atoms with E-state index >= 15 is 0 Å². The summed E-state index contributed by atoms with van der Waals surface area (Å²) in [5.41, 5.74) is 0.578. The lowest BCUT2D eigenvalue weighted by molar-refractivity contribution is 0.0565. The Labute approximate surface area is 129 Å². The highest BCUT2D eigenvalue weighted by Crippen LogP contribution is 2.24. The molecule has 3 N–H and O–H groups in total. The van der Waals surface area contributed by atoms with Crippen molar-refractivity contribution in [1.29, 1.82) is 0 Å². The average molecular weight is 310 g/mol. The quantitative estimate of drug-likeness (QED) is 0.798. The maximum Gasteiger partial charge on any atom is 0.317 e. The van der Waals surface area contributed by atoms with Gasteiger partial charge in [-0.3, -0.25) is 0 Å². The van der Waals surface area contributed by atoms with E-state index in [9.17, 15) is 14.3 Å². The lowest BCUT2D eigenvalue weighted by Gasteiger charge is -2.31. The van der Waals surface area contributed by atoms with Crippen molar-refractivity contribution in [1.82, 2.24) is 10.2 Å². The number of aliphatic hydroxyl groups is 1. The van der Waals surface area contributed by atoms with E-state index in [1.807, 2.05) is 0 Å². The molecule has 2 rings (SSSR count). The van der Waals surface area contributed by atoms with E-state index in [0.717, 1.165) is 25.7 Å². The van der Waals surface area contributed by atoms with Crippen LogP contribution in [-0.4, -0.2) is 40.8 Å². The first kappa shape index (κ1) is 16.5. The number of phenols is 1. The van der Waals surface area contributed by atoms with E-state index in [2.05, 4.69) is 5.32 Å². The topological polar surface area (TPSA) is 72.8 Å². The van der Waals surface area contributed by atoms with Gasteiger partial charge in [0.1, 0.15) is 0 Å². The fourth-order valence-electron chi connectivity index (χ4n) is 2.81. The first-order valence-corrected chi connectivity index (χ1v) is 7.62. The van der Waals surface area contributed by atoms with Crippen molar-refractivity contribution >= 4 is 6.03 Å². The molecule has 1 aliphatic carbocycles. The molecule has 1 aliphatic rings. The monoisotopic (exact) mass is 310 g/mol. The third-order valence-corrected chi connectivity index (χ3v) is 4.18. The number of carbonyl (C=O) groups is 1. The number of hydrogen-bond donors (Lipinski definition) is 3. The van der Waals surface area contributed by atoms with Crippen molar-refractivity contribution in [3.8, 4) is 5.75 Å². The van der Waals surface area contributed by atoms with Gasteiger partial charge in [-0.05, 0) is 30.5 Å². The Hall–Kier alpha value is -1.82. The number of aliphatic hydroxyl groups excluding tert-OH is 1. The van der Waals surface area contributed by atoms with Gasteiger partial charge in [0.15, 0.2) is 11.6 Å². The Morgan fingerprint density at radius 3 is 2.82 bits per heavy atom. The maximum atomic E-state index is 13.2. The molecule has 1 aromatic carbocycles. The van der Waals surface area contributed by atoms with Crippen molar-refractivity contribution in [2.45, 2.75) is 38.3 Å². The van der Waals surface area contributed by atoms with Gasteiger partial charge >= 0.3 is 6.03 Å². The number of phenolic OH excluding ortho intramolecular Hbond substituents is 1. The summed E-state index contributed by atoms with van der Waals surface area (Å²) in [7, 11) is 1.69. The van der Waals surface area contributed by atoms with E-state index in [-0.39, 0.29) is 24.6 Å². The second kappa shape index (κ2) is 7.45. The predicted molar refractivity (Wildman–Crippen MR) is 80.9 cm³/mol. The number of carbonyl (C=O) groups excluding carboxylic acids is 1. The summed E-state index contributed by atoms with van der Waals surface area (Å²) < 4.78 is 13.2. The van der Waals surface area contributed by atoms with E-state index in [1.54, 1.807) is 18.0 Å². The van der Waals surface area contributed by atoms with Crippen LogP contribution in [-0.2, 0) is 6.54 Å². The number of halogens is 1. The molecule has 2 amide bonds. The number of hydrogen-bond acceptors (Lipinski definition) is 3. The molecule has 0 radical (unpaired) electrons. The molecule has 0 saturated heterocycles. The Balaban J connectivity index is 1.81. The van der Waals surface area contributed by atoms with Gasteiger partial charge in [-0.1, -0.05) is 18.9 Å². The number of rotatable bonds is 4. The van der Waals surface area contributed by atoms with Crippen molar-refractivity contribution in [3.63, 3.8) is 0 Å². The lowest BCUT2D eigenvalue weighted by atomic mass is 9.86. The van der Waals surface area contributed by atoms with Gasteiger partial charge in [-0.2, -0.15) is 0 Å². The van der Waals surface area contributed by atoms with E-state index in [4.69, 9.17) is 5.11 Å². The third-order valence-electron chi connectivity index (χ3n) is 4.18. The van der Waals surface area contributed by atoms with Gasteiger partial charge in [-0.15, -0.1) is 0 Å². The van der Waals surface area contributed by atoms with Crippen LogP contribution in [0.2, 0.25) is 0 Å². The molecule has 2 unspecified atom stereocenters. The van der Waals surface area contributed by atoms with Crippen LogP contribution in [0, 0.1) is 11.7 Å². The molecule has 0 aromatic heterocycles. The standard InChI is InChI=1S/C16H23FN2O3/c1-19(10-12-4-2-3-5-14(12)20)16(22)18-9-11-6-7-15(21)13(17)8-11/h6-8,12,14,20-21H,2-5,9-10H2,1H3,(H,18,22). The van der Waals surface area contributed by atoms with Gasteiger partial charge < -0.3 is 20.4 Å². The minimum absolute atomic E-state index is 0.121. The Morgan fingerprint density at radius 1 is 1.41 bits per heavy atom. The Morgan fingerprint density at radius 2 is 2.14 bits per heavy atom. The molecule has 1 fully saturated rings. The first-order valence-electron chi connectivity index (χ1n) is 7.62. The predicted octanol–water partition coefficient (Wildman–Crippen LogP) is 2.22. The summed E-state index contributed by atoms with van der Waals surface area (Å²) >= 11 is 0. The molecule has 0 bridgehead atoms. The fourth-order valence-corrected chi connectivity index (χ4v) is 2.81. The zero-order valence-electron chi connectivity index (χ0n) is 12.8. The van der Waals surface area contributed by atoms with Crippen molar-refractivity contribution in [2.75, 3.05) is 13.6 Å². The molecule has 0 spiro atoms.